The van der Waals surface area contributed by atoms with Crippen LogP contribution < -0.4 is 15.6 Å². The molecule has 1 aliphatic rings. The maximum absolute atomic E-state index is 12.3. The van der Waals surface area contributed by atoms with Crippen LogP contribution in [0.3, 0.4) is 0 Å². The highest BCUT2D eigenvalue weighted by atomic mass is 32.2. The highest BCUT2D eigenvalue weighted by molar-refractivity contribution is 7.99. The Morgan fingerprint density at radius 1 is 1.23 bits per heavy atom. The van der Waals surface area contributed by atoms with Crippen LogP contribution in [0.1, 0.15) is 28.8 Å². The molecule has 10 heteroatoms. The van der Waals surface area contributed by atoms with E-state index in [0.29, 0.717) is 16.4 Å². The third kappa shape index (κ3) is 6.43. The molecule has 0 spiro atoms. The first-order valence-corrected chi connectivity index (χ1v) is 10.7. The van der Waals surface area contributed by atoms with Gasteiger partial charge in [0.05, 0.1) is 29.5 Å². The van der Waals surface area contributed by atoms with Crippen LogP contribution in [0.2, 0.25) is 0 Å². The molecule has 0 aliphatic carbocycles. The van der Waals surface area contributed by atoms with Gasteiger partial charge >= 0.3 is 0 Å². The average Bonchev–Trinajstić information content (AvgIpc) is 3.30. The number of amides is 2. The average molecular weight is 445 g/mol. The molecule has 1 aliphatic heterocycles. The summed E-state index contributed by atoms with van der Waals surface area (Å²) in [5.41, 5.74) is 5.29. The normalized spacial score (nSPS) is 15.3. The first kappa shape index (κ1) is 22.6. The lowest BCUT2D eigenvalue weighted by atomic mass is 10.1. The third-order valence-electron chi connectivity index (χ3n) is 4.71. The fourth-order valence-corrected chi connectivity index (χ4v) is 4.13. The van der Waals surface area contributed by atoms with Gasteiger partial charge in [-0.1, -0.05) is 12.1 Å². The lowest BCUT2D eigenvalue weighted by Gasteiger charge is -2.10. The van der Waals surface area contributed by atoms with Crippen LogP contribution in [0.15, 0.2) is 47.4 Å². The van der Waals surface area contributed by atoms with E-state index in [9.17, 15) is 19.7 Å². The Labute approximate surface area is 183 Å². The summed E-state index contributed by atoms with van der Waals surface area (Å²) in [6, 6.07) is 11.2. The third-order valence-corrected chi connectivity index (χ3v) is 5.90. The van der Waals surface area contributed by atoms with Crippen molar-refractivity contribution in [2.75, 3.05) is 19.5 Å². The summed E-state index contributed by atoms with van der Waals surface area (Å²) in [4.78, 5) is 35.8. The van der Waals surface area contributed by atoms with E-state index in [0.717, 1.165) is 25.0 Å². The van der Waals surface area contributed by atoms with Crippen molar-refractivity contribution in [2.45, 2.75) is 30.3 Å². The number of nitro groups is 1. The van der Waals surface area contributed by atoms with Gasteiger partial charge in [-0.15, -0.1) is 11.8 Å². The molecule has 31 heavy (non-hydrogen) atoms. The van der Waals surface area contributed by atoms with Crippen LogP contribution in [0.25, 0.3) is 0 Å². The molecule has 2 N–H and O–H groups in total. The summed E-state index contributed by atoms with van der Waals surface area (Å²) in [5, 5.41) is 11.5. The second kappa shape index (κ2) is 10.8. The van der Waals surface area contributed by atoms with E-state index in [1.807, 2.05) is 0 Å². The quantitative estimate of drug-likeness (QED) is 0.364. The topological polar surface area (TPSA) is 120 Å². The molecule has 3 rings (SSSR count). The van der Waals surface area contributed by atoms with Gasteiger partial charge in [-0.25, -0.2) is 0 Å². The van der Waals surface area contributed by atoms with E-state index >= 15 is 0 Å². The van der Waals surface area contributed by atoms with Crippen LogP contribution in [0.4, 0.5) is 5.69 Å². The minimum Gasteiger partial charge on any atom is -0.497 e. The van der Waals surface area contributed by atoms with Crippen molar-refractivity contribution in [2.24, 2.45) is 0 Å². The van der Waals surface area contributed by atoms with Gasteiger partial charge in [0, 0.05) is 24.0 Å². The van der Waals surface area contributed by atoms with E-state index in [1.54, 1.807) is 37.4 Å². The Kier molecular flexibility index (Phi) is 7.85. The number of methoxy groups -OCH3 is 1. The standard InChI is InChI=1S/C21H23N3O6S/c1-29-16-7-4-14(5-8-16)11-20(25)22-23-21(26)15-6-9-19(18(12-15)24(27)28)31-13-17-3-2-10-30-17/h4-9,12,17H,2-3,10-11,13H2,1H3,(H,22,25)(H,23,26)/t17-/m0/s1. The summed E-state index contributed by atoms with van der Waals surface area (Å²) in [6.45, 7) is 0.719. The van der Waals surface area contributed by atoms with E-state index in [2.05, 4.69) is 10.9 Å². The molecule has 9 nitrogen and oxygen atoms in total. The minimum atomic E-state index is -0.637. The number of carbonyl (C=O) groups excluding carboxylic acids is 2. The number of hydrazine groups is 1. The summed E-state index contributed by atoms with van der Waals surface area (Å²) in [6.07, 6.45) is 2.09. The molecule has 1 saturated heterocycles. The Balaban J connectivity index is 1.56. The number of carbonyl (C=O) groups is 2. The second-order valence-electron chi connectivity index (χ2n) is 6.91. The molecule has 0 unspecified atom stereocenters. The van der Waals surface area contributed by atoms with Gasteiger partial charge in [0.25, 0.3) is 11.6 Å². The number of nitro benzene ring substituents is 1. The molecule has 2 aromatic rings. The maximum atomic E-state index is 12.3. The highest BCUT2D eigenvalue weighted by Crippen LogP contribution is 2.32. The number of hydrogen-bond acceptors (Lipinski definition) is 7. The fraction of sp³-hybridized carbons (Fsp3) is 0.333. The van der Waals surface area contributed by atoms with Crippen LogP contribution >= 0.6 is 11.8 Å². The van der Waals surface area contributed by atoms with E-state index in [1.165, 1.54) is 23.9 Å². The molecule has 0 radical (unpaired) electrons. The lowest BCUT2D eigenvalue weighted by molar-refractivity contribution is -0.387. The minimum absolute atomic E-state index is 0.0588. The van der Waals surface area contributed by atoms with E-state index in [-0.39, 0.29) is 23.8 Å². The molecular weight excluding hydrogens is 422 g/mol. The molecule has 2 aromatic carbocycles. The Morgan fingerprint density at radius 3 is 2.65 bits per heavy atom. The number of nitrogens with zero attached hydrogens (tertiary/aromatic N) is 1. The molecule has 0 saturated carbocycles. The Hall–Kier alpha value is -3.11. The predicted octanol–water partition coefficient (Wildman–Crippen LogP) is 2.88. The maximum Gasteiger partial charge on any atom is 0.283 e. The summed E-state index contributed by atoms with van der Waals surface area (Å²) in [7, 11) is 1.55. The number of nitrogens with one attached hydrogen (secondary N) is 2. The first-order chi connectivity index (χ1) is 15.0. The Bertz CT molecular complexity index is 945. The molecule has 1 heterocycles. The van der Waals surface area contributed by atoms with E-state index in [4.69, 9.17) is 9.47 Å². The van der Waals surface area contributed by atoms with Gasteiger partial charge in [0.2, 0.25) is 5.91 Å². The van der Waals surface area contributed by atoms with Crippen LogP contribution in [-0.2, 0) is 16.0 Å². The smallest absolute Gasteiger partial charge is 0.283 e. The van der Waals surface area contributed by atoms with Crippen LogP contribution in [-0.4, -0.2) is 42.3 Å². The van der Waals surface area contributed by atoms with Gasteiger partial charge < -0.3 is 9.47 Å². The molecule has 2 amide bonds. The Morgan fingerprint density at radius 2 is 2.00 bits per heavy atom. The molecule has 0 bridgehead atoms. The van der Waals surface area contributed by atoms with Gasteiger partial charge in [0.15, 0.2) is 0 Å². The van der Waals surface area contributed by atoms with Gasteiger partial charge in [-0.2, -0.15) is 0 Å². The summed E-state index contributed by atoms with van der Waals surface area (Å²) < 4.78 is 10.6. The van der Waals surface area contributed by atoms with Crippen molar-refractivity contribution in [3.05, 3.63) is 63.7 Å². The van der Waals surface area contributed by atoms with Crippen LogP contribution in [0.5, 0.6) is 5.75 Å². The predicted molar refractivity (Wildman–Crippen MR) is 115 cm³/mol. The largest absolute Gasteiger partial charge is 0.497 e. The van der Waals surface area contributed by atoms with Crippen molar-refractivity contribution < 1.29 is 24.0 Å². The molecule has 1 fully saturated rings. The number of benzene rings is 2. The van der Waals surface area contributed by atoms with Crippen molar-refractivity contribution in [3.63, 3.8) is 0 Å². The monoisotopic (exact) mass is 445 g/mol. The number of hydrogen-bond donors (Lipinski definition) is 2. The molecule has 1 atom stereocenters. The SMILES string of the molecule is COc1ccc(CC(=O)NNC(=O)c2ccc(SC[C@@H]3CCCO3)c([N+](=O)[O-])c2)cc1. The highest BCUT2D eigenvalue weighted by Gasteiger charge is 2.21. The zero-order valence-corrected chi connectivity index (χ0v) is 17.8. The zero-order valence-electron chi connectivity index (χ0n) is 17.0. The lowest BCUT2D eigenvalue weighted by Crippen LogP contribution is -2.42. The number of thioether (sulfide) groups is 1. The van der Waals surface area contributed by atoms with E-state index < -0.39 is 16.7 Å². The molecule has 0 aromatic heterocycles. The van der Waals surface area contributed by atoms with Gasteiger partial charge in [-0.3, -0.25) is 30.6 Å². The molecule has 164 valence electrons. The summed E-state index contributed by atoms with van der Waals surface area (Å²) in [5.74, 6) is 0.239. The van der Waals surface area contributed by atoms with Crippen molar-refractivity contribution in [1.82, 2.24) is 10.9 Å². The van der Waals surface area contributed by atoms with Crippen molar-refractivity contribution >= 4 is 29.3 Å². The van der Waals surface area contributed by atoms with Crippen molar-refractivity contribution in [1.29, 1.82) is 0 Å². The number of ether oxygens (including phenoxy) is 2. The number of rotatable bonds is 8. The van der Waals surface area contributed by atoms with Gasteiger partial charge in [-0.05, 0) is 42.7 Å². The zero-order chi connectivity index (χ0) is 22.2. The van der Waals surface area contributed by atoms with Crippen LogP contribution in [0, 0.1) is 10.1 Å². The van der Waals surface area contributed by atoms with Crippen molar-refractivity contribution in [3.8, 4) is 5.75 Å². The van der Waals surface area contributed by atoms with Gasteiger partial charge in [0.1, 0.15) is 5.75 Å². The first-order valence-electron chi connectivity index (χ1n) is 9.71. The molecular formula is C21H23N3O6S. The summed E-state index contributed by atoms with van der Waals surface area (Å²) >= 11 is 1.34. The fourth-order valence-electron chi connectivity index (χ4n) is 3.05. The second-order valence-corrected chi connectivity index (χ2v) is 7.97.